The summed E-state index contributed by atoms with van der Waals surface area (Å²) in [7, 11) is 1.59. The highest BCUT2D eigenvalue weighted by atomic mass is 16.5. The van der Waals surface area contributed by atoms with Crippen LogP contribution in [0.3, 0.4) is 0 Å². The molecule has 1 fully saturated rings. The first-order valence-corrected chi connectivity index (χ1v) is 8.84. The van der Waals surface area contributed by atoms with Crippen LogP contribution >= 0.6 is 0 Å². The molecule has 0 radical (unpaired) electrons. The Morgan fingerprint density at radius 1 is 1.16 bits per heavy atom. The molecule has 0 aliphatic heterocycles. The van der Waals surface area contributed by atoms with Crippen molar-refractivity contribution in [1.29, 1.82) is 0 Å². The fourth-order valence-electron chi connectivity index (χ4n) is 3.20. The second-order valence-electron chi connectivity index (χ2n) is 6.57. The monoisotopic (exact) mass is 339 g/mol. The molecule has 2 N–H and O–H groups in total. The standard InChI is InChI=1S/C20H25N3O2/c1-14-8-11-19(25-2)18(12-14)23-20(24)17-10-9-16(13-21-17)22-15-6-4-3-5-7-15/h8-13,15,22H,3-7H2,1-2H3,(H,23,24). The Balaban J connectivity index is 1.65. The fourth-order valence-corrected chi connectivity index (χ4v) is 3.20. The van der Waals surface area contributed by atoms with Crippen molar-refractivity contribution in [2.75, 3.05) is 17.7 Å². The van der Waals surface area contributed by atoms with Crippen molar-refractivity contribution in [2.24, 2.45) is 0 Å². The molecule has 1 amide bonds. The first kappa shape index (κ1) is 17.3. The number of benzene rings is 1. The number of methoxy groups -OCH3 is 1. The third kappa shape index (κ3) is 4.50. The molecule has 0 atom stereocenters. The molecular weight excluding hydrogens is 314 g/mol. The summed E-state index contributed by atoms with van der Waals surface area (Å²) in [6.07, 6.45) is 8.04. The predicted octanol–water partition coefficient (Wildman–Crippen LogP) is 4.40. The van der Waals surface area contributed by atoms with E-state index in [9.17, 15) is 4.79 Å². The molecule has 0 saturated heterocycles. The van der Waals surface area contributed by atoms with Gasteiger partial charge in [0.2, 0.25) is 0 Å². The van der Waals surface area contributed by atoms with Crippen molar-refractivity contribution < 1.29 is 9.53 Å². The quantitative estimate of drug-likeness (QED) is 0.848. The zero-order valence-corrected chi connectivity index (χ0v) is 14.8. The van der Waals surface area contributed by atoms with Gasteiger partial charge in [-0.15, -0.1) is 0 Å². The van der Waals surface area contributed by atoms with E-state index in [2.05, 4.69) is 15.6 Å². The zero-order valence-electron chi connectivity index (χ0n) is 14.8. The third-order valence-electron chi connectivity index (χ3n) is 4.58. The number of nitrogens with zero attached hydrogens (tertiary/aromatic N) is 1. The molecule has 132 valence electrons. The van der Waals surface area contributed by atoms with Crippen LogP contribution in [0.1, 0.15) is 48.2 Å². The van der Waals surface area contributed by atoms with E-state index in [1.165, 1.54) is 32.1 Å². The summed E-state index contributed by atoms with van der Waals surface area (Å²) in [5, 5.41) is 6.38. The van der Waals surface area contributed by atoms with Gasteiger partial charge in [-0.1, -0.05) is 25.3 Å². The number of rotatable bonds is 5. The molecule has 1 aliphatic carbocycles. The van der Waals surface area contributed by atoms with Gasteiger partial charge < -0.3 is 15.4 Å². The van der Waals surface area contributed by atoms with Crippen LogP contribution in [0.25, 0.3) is 0 Å². The van der Waals surface area contributed by atoms with Crippen LogP contribution in [0, 0.1) is 6.92 Å². The maximum absolute atomic E-state index is 12.4. The average Bonchev–Trinajstić information content (AvgIpc) is 2.63. The molecule has 0 spiro atoms. The number of aromatic nitrogens is 1. The van der Waals surface area contributed by atoms with E-state index in [1.54, 1.807) is 19.4 Å². The van der Waals surface area contributed by atoms with E-state index in [0.29, 0.717) is 23.2 Å². The SMILES string of the molecule is COc1ccc(C)cc1NC(=O)c1ccc(NC2CCCCC2)cn1. The molecule has 5 heteroatoms. The van der Waals surface area contributed by atoms with Gasteiger partial charge in [-0.3, -0.25) is 4.79 Å². The van der Waals surface area contributed by atoms with E-state index in [-0.39, 0.29) is 5.91 Å². The number of hydrogen-bond donors (Lipinski definition) is 2. The molecule has 0 unspecified atom stereocenters. The molecule has 5 nitrogen and oxygen atoms in total. The number of aryl methyl sites for hydroxylation is 1. The minimum absolute atomic E-state index is 0.242. The molecule has 1 aromatic carbocycles. The molecule has 1 saturated carbocycles. The molecular formula is C20H25N3O2. The summed E-state index contributed by atoms with van der Waals surface area (Å²) >= 11 is 0. The fraction of sp³-hybridized carbons (Fsp3) is 0.400. The highest BCUT2D eigenvalue weighted by molar-refractivity contribution is 6.03. The zero-order chi connectivity index (χ0) is 17.6. The van der Waals surface area contributed by atoms with Crippen LogP contribution in [-0.4, -0.2) is 24.0 Å². The van der Waals surface area contributed by atoms with Crippen LogP contribution in [0.2, 0.25) is 0 Å². The van der Waals surface area contributed by atoms with Crippen molar-refractivity contribution in [3.8, 4) is 5.75 Å². The number of anilines is 2. The smallest absolute Gasteiger partial charge is 0.274 e. The van der Waals surface area contributed by atoms with Crippen LogP contribution in [0.4, 0.5) is 11.4 Å². The van der Waals surface area contributed by atoms with Crippen molar-refractivity contribution >= 4 is 17.3 Å². The van der Waals surface area contributed by atoms with Gasteiger partial charge in [0, 0.05) is 6.04 Å². The maximum atomic E-state index is 12.4. The summed E-state index contributed by atoms with van der Waals surface area (Å²) in [6.45, 7) is 1.97. The van der Waals surface area contributed by atoms with E-state index in [1.807, 2.05) is 31.2 Å². The summed E-state index contributed by atoms with van der Waals surface area (Å²) < 4.78 is 5.30. The lowest BCUT2D eigenvalue weighted by atomic mass is 9.95. The Hall–Kier alpha value is -2.56. The van der Waals surface area contributed by atoms with Crippen molar-refractivity contribution in [3.05, 3.63) is 47.8 Å². The topological polar surface area (TPSA) is 63.2 Å². The number of hydrogen-bond acceptors (Lipinski definition) is 4. The first-order valence-electron chi connectivity index (χ1n) is 8.84. The van der Waals surface area contributed by atoms with Crippen molar-refractivity contribution in [2.45, 2.75) is 45.1 Å². The lowest BCUT2D eigenvalue weighted by Crippen LogP contribution is -2.22. The summed E-state index contributed by atoms with van der Waals surface area (Å²) in [5.74, 6) is 0.391. The second kappa shape index (κ2) is 8.01. The van der Waals surface area contributed by atoms with Crippen LogP contribution in [0.5, 0.6) is 5.75 Å². The lowest BCUT2D eigenvalue weighted by Gasteiger charge is -2.23. The normalized spacial score (nSPS) is 14.8. The van der Waals surface area contributed by atoms with Crippen molar-refractivity contribution in [1.82, 2.24) is 4.98 Å². The highest BCUT2D eigenvalue weighted by Crippen LogP contribution is 2.26. The average molecular weight is 339 g/mol. The van der Waals surface area contributed by atoms with E-state index < -0.39 is 0 Å². The molecule has 1 heterocycles. The van der Waals surface area contributed by atoms with Gasteiger partial charge in [0.25, 0.3) is 5.91 Å². The number of pyridine rings is 1. The summed E-state index contributed by atoms with van der Waals surface area (Å²) in [5.41, 5.74) is 3.06. The van der Waals surface area contributed by atoms with Crippen LogP contribution in [-0.2, 0) is 0 Å². The largest absolute Gasteiger partial charge is 0.495 e. The van der Waals surface area contributed by atoms with Gasteiger partial charge >= 0.3 is 0 Å². The van der Waals surface area contributed by atoms with E-state index >= 15 is 0 Å². The maximum Gasteiger partial charge on any atom is 0.274 e. The Morgan fingerprint density at radius 3 is 2.64 bits per heavy atom. The van der Waals surface area contributed by atoms with Gasteiger partial charge in [-0.2, -0.15) is 0 Å². The number of carbonyl (C=O) groups is 1. The Kier molecular flexibility index (Phi) is 5.53. The second-order valence-corrected chi connectivity index (χ2v) is 6.57. The first-order chi connectivity index (χ1) is 12.2. The molecule has 3 rings (SSSR count). The van der Waals surface area contributed by atoms with E-state index in [0.717, 1.165) is 11.3 Å². The number of carbonyl (C=O) groups excluding carboxylic acids is 1. The van der Waals surface area contributed by atoms with Crippen LogP contribution in [0.15, 0.2) is 36.5 Å². The Labute approximate surface area is 148 Å². The highest BCUT2D eigenvalue weighted by Gasteiger charge is 2.14. The van der Waals surface area contributed by atoms with Gasteiger partial charge in [0.15, 0.2) is 0 Å². The number of nitrogens with one attached hydrogen (secondary N) is 2. The van der Waals surface area contributed by atoms with Gasteiger partial charge in [0.05, 0.1) is 24.7 Å². The van der Waals surface area contributed by atoms with E-state index in [4.69, 9.17) is 4.74 Å². The Bertz CT molecular complexity index is 722. The summed E-state index contributed by atoms with van der Waals surface area (Å²) in [6, 6.07) is 9.86. The molecule has 0 bridgehead atoms. The van der Waals surface area contributed by atoms with Crippen molar-refractivity contribution in [3.63, 3.8) is 0 Å². The molecule has 2 aromatic rings. The third-order valence-corrected chi connectivity index (χ3v) is 4.58. The van der Waals surface area contributed by atoms with Gasteiger partial charge in [-0.25, -0.2) is 4.98 Å². The minimum atomic E-state index is -0.242. The van der Waals surface area contributed by atoms with Crippen LogP contribution < -0.4 is 15.4 Å². The predicted molar refractivity (Wildman–Crippen MR) is 100 cm³/mol. The number of ether oxygens (including phenoxy) is 1. The molecule has 25 heavy (non-hydrogen) atoms. The van der Waals surface area contributed by atoms with Gasteiger partial charge in [-0.05, 0) is 49.6 Å². The molecule has 1 aliphatic rings. The Morgan fingerprint density at radius 2 is 1.96 bits per heavy atom. The van der Waals surface area contributed by atoms with Gasteiger partial charge in [0.1, 0.15) is 11.4 Å². The summed E-state index contributed by atoms with van der Waals surface area (Å²) in [4.78, 5) is 16.7. The lowest BCUT2D eigenvalue weighted by molar-refractivity contribution is 0.102. The number of amides is 1. The minimum Gasteiger partial charge on any atom is -0.495 e. The molecule has 1 aromatic heterocycles.